The third-order valence-corrected chi connectivity index (χ3v) is 2.78. The predicted octanol–water partition coefficient (Wildman–Crippen LogP) is 0.436. The summed E-state index contributed by atoms with van der Waals surface area (Å²) in [5.74, 6) is -0.268. The normalized spacial score (nSPS) is 18.3. The highest BCUT2D eigenvalue weighted by Crippen LogP contribution is 2.28. The smallest absolute Gasteiger partial charge is 0.414 e. The molecule has 0 aliphatic carbocycles. The molecule has 7 nitrogen and oxygen atoms in total. The van der Waals surface area contributed by atoms with Gasteiger partial charge in [0.15, 0.2) is 0 Å². The minimum atomic E-state index is -0.514. The standard InChI is InChI=1S/C12H15N3O4/c1-7(16)14-5-9-6-15(12(18)19-9)8-2-3-10(13)11(17)4-8/h2-4,9,17H,5-6,13H2,1H3,(H,14,16)/t9-/m0/s1. The van der Waals surface area contributed by atoms with Crippen LogP contribution >= 0.6 is 0 Å². The number of carbonyl (C=O) groups is 2. The lowest BCUT2D eigenvalue weighted by molar-refractivity contribution is -0.119. The highest BCUT2D eigenvalue weighted by molar-refractivity contribution is 5.90. The van der Waals surface area contributed by atoms with Gasteiger partial charge in [0.2, 0.25) is 5.91 Å². The first-order valence-corrected chi connectivity index (χ1v) is 5.78. The van der Waals surface area contributed by atoms with E-state index in [4.69, 9.17) is 10.5 Å². The van der Waals surface area contributed by atoms with E-state index < -0.39 is 12.2 Å². The Morgan fingerprint density at radius 3 is 3.00 bits per heavy atom. The molecule has 1 aliphatic rings. The van der Waals surface area contributed by atoms with Crippen LogP contribution < -0.4 is 16.0 Å². The van der Waals surface area contributed by atoms with Crippen molar-refractivity contribution in [3.8, 4) is 5.75 Å². The van der Waals surface area contributed by atoms with Crippen LogP contribution in [-0.4, -0.2) is 36.3 Å². The van der Waals surface area contributed by atoms with E-state index in [2.05, 4.69) is 5.32 Å². The molecule has 0 unspecified atom stereocenters. The molecule has 1 atom stereocenters. The number of benzene rings is 1. The molecular formula is C12H15N3O4. The first-order chi connectivity index (χ1) is 8.97. The van der Waals surface area contributed by atoms with Crippen molar-refractivity contribution in [2.45, 2.75) is 13.0 Å². The molecule has 4 N–H and O–H groups in total. The van der Waals surface area contributed by atoms with Gasteiger partial charge in [-0.15, -0.1) is 0 Å². The number of nitrogens with two attached hydrogens (primary N) is 1. The fourth-order valence-electron chi connectivity index (χ4n) is 1.80. The number of carbonyl (C=O) groups excluding carboxylic acids is 2. The molecule has 2 rings (SSSR count). The van der Waals surface area contributed by atoms with Crippen LogP contribution in [0.4, 0.5) is 16.2 Å². The van der Waals surface area contributed by atoms with E-state index in [9.17, 15) is 14.7 Å². The van der Waals surface area contributed by atoms with Crippen LogP contribution in [0.5, 0.6) is 5.75 Å². The lowest BCUT2D eigenvalue weighted by Crippen LogP contribution is -2.33. The maximum atomic E-state index is 11.7. The minimum Gasteiger partial charge on any atom is -0.506 e. The van der Waals surface area contributed by atoms with Crippen molar-refractivity contribution in [2.24, 2.45) is 0 Å². The Bertz CT molecular complexity index is 518. The van der Waals surface area contributed by atoms with Crippen LogP contribution in [0.2, 0.25) is 0 Å². The summed E-state index contributed by atoms with van der Waals surface area (Å²) in [5.41, 5.74) is 6.24. The van der Waals surface area contributed by atoms with Gasteiger partial charge in [0.05, 0.1) is 24.5 Å². The highest BCUT2D eigenvalue weighted by Gasteiger charge is 2.32. The molecule has 0 saturated carbocycles. The monoisotopic (exact) mass is 265 g/mol. The van der Waals surface area contributed by atoms with Gasteiger partial charge in [-0.25, -0.2) is 4.79 Å². The number of phenolic OH excluding ortho intramolecular Hbond substituents is 1. The maximum absolute atomic E-state index is 11.7. The third-order valence-electron chi connectivity index (χ3n) is 2.78. The fraction of sp³-hybridized carbons (Fsp3) is 0.333. The molecule has 19 heavy (non-hydrogen) atoms. The van der Waals surface area contributed by atoms with E-state index in [1.54, 1.807) is 6.07 Å². The molecule has 2 amide bonds. The maximum Gasteiger partial charge on any atom is 0.414 e. The zero-order valence-electron chi connectivity index (χ0n) is 10.4. The summed E-state index contributed by atoms with van der Waals surface area (Å²) < 4.78 is 5.11. The molecule has 0 bridgehead atoms. The quantitative estimate of drug-likeness (QED) is 0.543. The fourth-order valence-corrected chi connectivity index (χ4v) is 1.80. The Labute approximate surface area is 109 Å². The van der Waals surface area contributed by atoms with Crippen molar-refractivity contribution in [1.82, 2.24) is 5.32 Å². The molecule has 1 heterocycles. The molecule has 0 spiro atoms. The Hall–Kier alpha value is -2.44. The number of amides is 2. The van der Waals surface area contributed by atoms with Gasteiger partial charge in [-0.05, 0) is 12.1 Å². The highest BCUT2D eigenvalue weighted by atomic mass is 16.6. The van der Waals surface area contributed by atoms with Gasteiger partial charge in [-0.2, -0.15) is 0 Å². The SMILES string of the molecule is CC(=O)NC[C@H]1CN(c2ccc(N)c(O)c2)C(=O)O1. The van der Waals surface area contributed by atoms with Crippen molar-refractivity contribution < 1.29 is 19.4 Å². The molecule has 1 aromatic rings. The number of phenols is 1. The number of aromatic hydroxyl groups is 1. The van der Waals surface area contributed by atoms with Gasteiger partial charge in [0.1, 0.15) is 11.9 Å². The van der Waals surface area contributed by atoms with E-state index in [0.717, 1.165) is 0 Å². The van der Waals surface area contributed by atoms with Crippen LogP contribution in [0, 0.1) is 0 Å². The average molecular weight is 265 g/mol. The van der Waals surface area contributed by atoms with Crippen LogP contribution in [0.25, 0.3) is 0 Å². The van der Waals surface area contributed by atoms with Gasteiger partial charge < -0.3 is 20.9 Å². The summed E-state index contributed by atoms with van der Waals surface area (Å²) in [6, 6.07) is 4.54. The molecule has 1 fully saturated rings. The summed E-state index contributed by atoms with van der Waals surface area (Å²) in [5, 5.41) is 12.1. The second-order valence-electron chi connectivity index (χ2n) is 4.30. The number of rotatable bonds is 3. The number of hydrogen-bond donors (Lipinski definition) is 3. The second kappa shape index (κ2) is 5.05. The van der Waals surface area contributed by atoms with E-state index in [0.29, 0.717) is 12.2 Å². The Morgan fingerprint density at radius 2 is 2.37 bits per heavy atom. The molecule has 0 radical (unpaired) electrons. The molecule has 1 saturated heterocycles. The van der Waals surface area contributed by atoms with Gasteiger partial charge in [0.25, 0.3) is 0 Å². The van der Waals surface area contributed by atoms with Gasteiger partial charge in [0, 0.05) is 13.0 Å². The topological polar surface area (TPSA) is 105 Å². The third kappa shape index (κ3) is 2.87. The summed E-state index contributed by atoms with van der Waals surface area (Å²) in [7, 11) is 0. The zero-order valence-corrected chi connectivity index (χ0v) is 10.4. The number of nitrogens with one attached hydrogen (secondary N) is 1. The number of nitrogen functional groups attached to an aromatic ring is 1. The van der Waals surface area contributed by atoms with Gasteiger partial charge in [-0.3, -0.25) is 9.69 Å². The van der Waals surface area contributed by atoms with Gasteiger partial charge >= 0.3 is 6.09 Å². The Kier molecular flexibility index (Phi) is 3.46. The predicted molar refractivity (Wildman–Crippen MR) is 68.8 cm³/mol. The van der Waals surface area contributed by atoms with Crippen molar-refractivity contribution in [1.29, 1.82) is 0 Å². The average Bonchev–Trinajstić information content (AvgIpc) is 2.72. The number of cyclic esters (lactones) is 1. The molecule has 7 heteroatoms. The van der Waals surface area contributed by atoms with E-state index >= 15 is 0 Å². The molecular weight excluding hydrogens is 250 g/mol. The van der Waals surface area contributed by atoms with Crippen LogP contribution in [0.1, 0.15) is 6.92 Å². The van der Waals surface area contributed by atoms with Crippen molar-refractivity contribution >= 4 is 23.4 Å². The summed E-state index contributed by atoms with van der Waals surface area (Å²) >= 11 is 0. The Balaban J connectivity index is 2.07. The van der Waals surface area contributed by atoms with Crippen LogP contribution in [0.3, 0.4) is 0 Å². The molecule has 1 aliphatic heterocycles. The minimum absolute atomic E-state index is 0.0874. The number of nitrogens with zero attached hydrogens (tertiary/aromatic N) is 1. The largest absolute Gasteiger partial charge is 0.506 e. The van der Waals surface area contributed by atoms with Gasteiger partial charge in [-0.1, -0.05) is 0 Å². The van der Waals surface area contributed by atoms with E-state index in [1.165, 1.54) is 24.0 Å². The van der Waals surface area contributed by atoms with Crippen molar-refractivity contribution in [3.05, 3.63) is 18.2 Å². The lowest BCUT2D eigenvalue weighted by Gasteiger charge is -2.13. The first-order valence-electron chi connectivity index (χ1n) is 5.78. The number of anilines is 2. The first kappa shape index (κ1) is 13.0. The van der Waals surface area contributed by atoms with Crippen LogP contribution in [-0.2, 0) is 9.53 Å². The van der Waals surface area contributed by atoms with E-state index in [-0.39, 0.29) is 23.9 Å². The number of hydrogen-bond acceptors (Lipinski definition) is 5. The summed E-state index contributed by atoms with van der Waals surface area (Å²) in [4.78, 5) is 23.9. The summed E-state index contributed by atoms with van der Waals surface area (Å²) in [6.45, 7) is 1.97. The number of ether oxygens (including phenoxy) is 1. The van der Waals surface area contributed by atoms with Crippen LogP contribution in [0.15, 0.2) is 18.2 Å². The molecule has 1 aromatic carbocycles. The van der Waals surface area contributed by atoms with Crippen molar-refractivity contribution in [2.75, 3.05) is 23.7 Å². The van der Waals surface area contributed by atoms with E-state index in [1.807, 2.05) is 0 Å². The molecule has 0 aromatic heterocycles. The zero-order chi connectivity index (χ0) is 14.0. The van der Waals surface area contributed by atoms with Crippen molar-refractivity contribution in [3.63, 3.8) is 0 Å². The lowest BCUT2D eigenvalue weighted by atomic mass is 10.2. The second-order valence-corrected chi connectivity index (χ2v) is 4.30. The molecule has 102 valence electrons. The summed E-state index contributed by atoms with van der Waals surface area (Å²) in [6.07, 6.45) is -0.921. The Morgan fingerprint density at radius 1 is 1.63 bits per heavy atom.